The number of aromatic nitrogens is 3. The summed E-state index contributed by atoms with van der Waals surface area (Å²) in [7, 11) is 0. The van der Waals surface area contributed by atoms with Crippen molar-refractivity contribution in [2.75, 3.05) is 18.9 Å². The quantitative estimate of drug-likeness (QED) is 0.313. The van der Waals surface area contributed by atoms with Crippen LogP contribution >= 0.6 is 0 Å². The summed E-state index contributed by atoms with van der Waals surface area (Å²) < 4.78 is 2.29. The molecule has 0 aliphatic rings. The number of nitrogens with two attached hydrogens (primary N) is 1. The highest BCUT2D eigenvalue weighted by atomic mass is 16.6. The summed E-state index contributed by atoms with van der Waals surface area (Å²) in [4.78, 5) is 14.8. The van der Waals surface area contributed by atoms with Gasteiger partial charge < -0.3 is 15.1 Å². The predicted octanol–water partition coefficient (Wildman–Crippen LogP) is 5.04. The van der Waals surface area contributed by atoms with Gasteiger partial charge in [0.25, 0.3) is 0 Å². The lowest BCUT2D eigenvalue weighted by Crippen LogP contribution is -2.17. The van der Waals surface area contributed by atoms with Crippen molar-refractivity contribution >= 4 is 16.9 Å². The topological polar surface area (TPSA) is 78.0 Å². The second-order valence-corrected chi connectivity index (χ2v) is 6.67. The maximum atomic E-state index is 6.13. The van der Waals surface area contributed by atoms with Crippen LogP contribution in [0.25, 0.3) is 11.0 Å². The largest absolute Gasteiger partial charge is 0.382 e. The smallest absolute Gasteiger partial charge is 0.151 e. The van der Waals surface area contributed by atoms with Gasteiger partial charge in [-0.25, -0.2) is 15.4 Å². The molecule has 0 fully saturated rings. The van der Waals surface area contributed by atoms with E-state index in [1.54, 1.807) is 0 Å². The first-order valence-corrected chi connectivity index (χ1v) is 10.8. The monoisotopic (exact) mass is 401 g/mol. The lowest BCUT2D eigenvalue weighted by atomic mass is 10.2. The van der Waals surface area contributed by atoms with Gasteiger partial charge in [-0.05, 0) is 45.6 Å². The van der Waals surface area contributed by atoms with Crippen LogP contribution in [0.15, 0.2) is 24.3 Å². The highest BCUT2D eigenvalue weighted by molar-refractivity contribution is 5.88. The van der Waals surface area contributed by atoms with Gasteiger partial charge in [-0.2, -0.15) is 0 Å². The molecule has 0 aliphatic heterocycles. The maximum Gasteiger partial charge on any atom is 0.151 e. The van der Waals surface area contributed by atoms with Gasteiger partial charge in [0.15, 0.2) is 5.82 Å². The second kappa shape index (κ2) is 13.9. The van der Waals surface area contributed by atoms with Crippen LogP contribution in [-0.2, 0) is 17.8 Å². The molecule has 0 saturated carbocycles. The predicted molar refractivity (Wildman–Crippen MR) is 124 cm³/mol. The van der Waals surface area contributed by atoms with Crippen molar-refractivity contribution in [2.45, 2.75) is 73.8 Å². The van der Waals surface area contributed by atoms with E-state index >= 15 is 0 Å². The highest BCUT2D eigenvalue weighted by Gasteiger charge is 2.16. The summed E-state index contributed by atoms with van der Waals surface area (Å²) in [5.74, 6) is 1.60. The molecule has 0 unspecified atom stereocenters. The number of hydrogen-bond acceptors (Lipinski definition) is 5. The van der Waals surface area contributed by atoms with Crippen molar-refractivity contribution in [1.29, 1.82) is 0 Å². The zero-order valence-electron chi connectivity index (χ0n) is 19.1. The Bertz CT molecular complexity index is 792. The summed E-state index contributed by atoms with van der Waals surface area (Å²) in [6, 6.07) is 0. The molecular formula is C23H39N5O. The number of nitrogen functional groups attached to an aromatic ring is 1. The number of anilines is 1. The molecule has 0 bridgehead atoms. The van der Waals surface area contributed by atoms with Crippen LogP contribution in [0.1, 0.15) is 64.0 Å². The van der Waals surface area contributed by atoms with Gasteiger partial charge in [0.1, 0.15) is 11.3 Å². The Hall–Kier alpha value is -2.18. The number of imidazole rings is 1. The van der Waals surface area contributed by atoms with Crippen molar-refractivity contribution in [3.8, 4) is 0 Å². The molecule has 162 valence electrons. The van der Waals surface area contributed by atoms with Crippen molar-refractivity contribution in [3.63, 3.8) is 0 Å². The molecule has 3 N–H and O–H groups in total. The van der Waals surface area contributed by atoms with Crippen molar-refractivity contribution in [3.05, 3.63) is 41.4 Å². The van der Waals surface area contributed by atoms with Crippen LogP contribution in [0.2, 0.25) is 0 Å². The third kappa shape index (κ3) is 7.29. The van der Waals surface area contributed by atoms with Gasteiger partial charge in [-0.3, -0.25) is 0 Å². The Balaban J connectivity index is 0.00000204. The van der Waals surface area contributed by atoms with E-state index in [0.29, 0.717) is 12.4 Å². The standard InChI is InChI=1S/C21H33N5O.C2H6/c1-5-7-8-9-10-13-23-27-15-11-14-26-18(12-6-2)25-19-20(26)16(3)17(4)24-21(19)22;1-2/h5,7-9,23H,6,10-15H2,1-4H3,(H2,22,24);1-2H3/b7-5-,9-8-;. The fraction of sp³-hybridized carbons (Fsp3) is 0.565. The maximum absolute atomic E-state index is 6.13. The molecule has 29 heavy (non-hydrogen) atoms. The molecule has 0 spiro atoms. The molecule has 0 radical (unpaired) electrons. The van der Waals surface area contributed by atoms with E-state index in [-0.39, 0.29) is 0 Å². The highest BCUT2D eigenvalue weighted by Crippen LogP contribution is 2.26. The zero-order chi connectivity index (χ0) is 21.6. The molecule has 0 aliphatic carbocycles. The van der Waals surface area contributed by atoms with E-state index in [1.807, 2.05) is 45.9 Å². The molecule has 0 amide bonds. The molecule has 6 heteroatoms. The van der Waals surface area contributed by atoms with E-state index in [2.05, 4.69) is 35.0 Å². The first-order valence-electron chi connectivity index (χ1n) is 10.8. The second-order valence-electron chi connectivity index (χ2n) is 6.67. The minimum Gasteiger partial charge on any atom is -0.382 e. The molecule has 2 aromatic heterocycles. The summed E-state index contributed by atoms with van der Waals surface area (Å²) in [6.07, 6.45) is 12.0. The van der Waals surface area contributed by atoms with E-state index in [4.69, 9.17) is 15.6 Å². The van der Waals surface area contributed by atoms with Crippen molar-refractivity contribution in [2.24, 2.45) is 0 Å². The Morgan fingerprint density at radius 3 is 2.62 bits per heavy atom. The lowest BCUT2D eigenvalue weighted by Gasteiger charge is -2.12. The van der Waals surface area contributed by atoms with E-state index in [9.17, 15) is 0 Å². The number of nitrogens with zero attached hydrogens (tertiary/aromatic N) is 3. The number of aryl methyl sites for hydroxylation is 4. The third-order valence-corrected chi connectivity index (χ3v) is 4.53. The number of hydrogen-bond donors (Lipinski definition) is 2. The van der Waals surface area contributed by atoms with Gasteiger partial charge in [0.05, 0.1) is 12.1 Å². The molecular weight excluding hydrogens is 362 g/mol. The normalized spacial score (nSPS) is 11.5. The minimum atomic E-state index is 0.521. The van der Waals surface area contributed by atoms with Gasteiger partial charge in [0, 0.05) is 25.2 Å². The molecule has 2 aromatic rings. The fourth-order valence-electron chi connectivity index (χ4n) is 3.07. The number of allylic oxidation sites excluding steroid dienone is 3. The average Bonchev–Trinajstić information content (AvgIpc) is 3.08. The van der Waals surface area contributed by atoms with Gasteiger partial charge in [-0.1, -0.05) is 45.1 Å². The summed E-state index contributed by atoms with van der Waals surface area (Å²) >= 11 is 0. The molecule has 0 atom stereocenters. The average molecular weight is 402 g/mol. The summed E-state index contributed by atoms with van der Waals surface area (Å²) in [5, 5.41) is 0. The number of fused-ring (bicyclic) bond motifs is 1. The first kappa shape index (κ1) is 24.9. The number of pyridine rings is 1. The Labute approximate surface area is 176 Å². The number of nitrogens with one attached hydrogen (secondary N) is 1. The fourth-order valence-corrected chi connectivity index (χ4v) is 3.07. The van der Waals surface area contributed by atoms with Crippen LogP contribution in [-0.4, -0.2) is 27.7 Å². The third-order valence-electron chi connectivity index (χ3n) is 4.53. The minimum absolute atomic E-state index is 0.521. The molecule has 2 heterocycles. The van der Waals surface area contributed by atoms with Gasteiger partial charge in [0.2, 0.25) is 0 Å². The first-order chi connectivity index (χ1) is 14.1. The van der Waals surface area contributed by atoms with Crippen LogP contribution < -0.4 is 11.2 Å². The van der Waals surface area contributed by atoms with E-state index in [1.165, 1.54) is 0 Å². The van der Waals surface area contributed by atoms with Crippen LogP contribution in [0.5, 0.6) is 0 Å². The van der Waals surface area contributed by atoms with Crippen LogP contribution in [0.4, 0.5) is 5.82 Å². The molecule has 0 aromatic carbocycles. The van der Waals surface area contributed by atoms with E-state index < -0.39 is 0 Å². The molecule has 0 saturated heterocycles. The summed E-state index contributed by atoms with van der Waals surface area (Å²) in [5.41, 5.74) is 13.2. The van der Waals surface area contributed by atoms with Gasteiger partial charge >= 0.3 is 0 Å². The Kier molecular flexibility index (Phi) is 11.9. The van der Waals surface area contributed by atoms with Gasteiger partial charge in [-0.15, -0.1) is 0 Å². The number of rotatable bonds is 11. The Morgan fingerprint density at radius 2 is 1.93 bits per heavy atom. The zero-order valence-corrected chi connectivity index (χ0v) is 19.1. The summed E-state index contributed by atoms with van der Waals surface area (Å²) in [6.45, 7) is 14.6. The van der Waals surface area contributed by atoms with Crippen LogP contribution in [0.3, 0.4) is 0 Å². The SMILES string of the molecule is C/C=C\C=C/CCNOCCCn1c(CCC)nc2c(N)nc(C)c(C)c21.CC. The van der Waals surface area contributed by atoms with Crippen molar-refractivity contribution < 1.29 is 4.84 Å². The molecule has 2 rings (SSSR count). The van der Waals surface area contributed by atoms with E-state index in [0.717, 1.165) is 66.9 Å². The lowest BCUT2D eigenvalue weighted by molar-refractivity contribution is 0.0390. The number of hydroxylamine groups is 1. The van der Waals surface area contributed by atoms with Crippen LogP contribution in [0, 0.1) is 13.8 Å². The molecule has 6 nitrogen and oxygen atoms in total. The Morgan fingerprint density at radius 1 is 1.17 bits per heavy atom. The van der Waals surface area contributed by atoms with Crippen molar-refractivity contribution in [1.82, 2.24) is 20.0 Å².